The Hall–Kier alpha value is -3.68. The van der Waals surface area contributed by atoms with Gasteiger partial charge >= 0.3 is 0 Å². The van der Waals surface area contributed by atoms with E-state index in [2.05, 4.69) is 31.0 Å². The number of hydrogen-bond donors (Lipinski definition) is 4. The van der Waals surface area contributed by atoms with Crippen LogP contribution >= 0.6 is 0 Å². The van der Waals surface area contributed by atoms with E-state index in [-0.39, 0.29) is 17.4 Å². The fraction of sp³-hybridized carbons (Fsp3) is 0. The van der Waals surface area contributed by atoms with E-state index < -0.39 is 0 Å². The standard InChI is InChI=1S/C16H12N6O2/c23-10-6-7-12-11(8-10)13(15(24)17-12)19-21-16-18-14(20-22-16)9-4-2-1-3-5-9/h1-8,23H,(H,17,19,24)(H2,18,20,21,22). The summed E-state index contributed by atoms with van der Waals surface area (Å²) in [6.45, 7) is 0. The number of anilines is 2. The Balaban J connectivity index is 1.59. The molecule has 2 heterocycles. The van der Waals surface area contributed by atoms with Gasteiger partial charge in [-0.15, -0.1) is 10.2 Å². The zero-order chi connectivity index (χ0) is 16.5. The number of nitrogens with zero attached hydrogens (tertiary/aromatic N) is 3. The monoisotopic (exact) mass is 320 g/mol. The van der Waals surface area contributed by atoms with Crippen molar-refractivity contribution in [2.24, 2.45) is 5.10 Å². The molecule has 0 unspecified atom stereocenters. The van der Waals surface area contributed by atoms with Gasteiger partial charge in [0.2, 0.25) is 5.95 Å². The Morgan fingerprint density at radius 2 is 1.92 bits per heavy atom. The number of benzene rings is 2. The lowest BCUT2D eigenvalue weighted by Crippen LogP contribution is -2.16. The molecule has 0 radical (unpaired) electrons. The first-order valence-electron chi connectivity index (χ1n) is 7.17. The summed E-state index contributed by atoms with van der Waals surface area (Å²) in [5.74, 6) is 0.602. The number of carbonyl (C=O) groups is 1. The van der Waals surface area contributed by atoms with Crippen LogP contribution < -0.4 is 10.7 Å². The zero-order valence-corrected chi connectivity index (χ0v) is 12.3. The highest BCUT2D eigenvalue weighted by atomic mass is 16.3. The number of aromatic hydroxyl groups is 1. The Morgan fingerprint density at radius 1 is 1.08 bits per heavy atom. The van der Waals surface area contributed by atoms with E-state index in [0.29, 0.717) is 23.0 Å². The van der Waals surface area contributed by atoms with Gasteiger partial charge in [-0.25, -0.2) is 5.43 Å². The number of aromatic nitrogens is 3. The van der Waals surface area contributed by atoms with E-state index in [9.17, 15) is 9.90 Å². The number of phenols is 1. The molecule has 4 rings (SSSR count). The SMILES string of the molecule is O=C1Nc2ccc(O)cc2/C1=N/Nc1nnc(-c2ccccc2)[nH]1. The maximum absolute atomic E-state index is 12.0. The molecule has 0 saturated carbocycles. The molecule has 4 N–H and O–H groups in total. The summed E-state index contributed by atoms with van der Waals surface area (Å²) in [6.07, 6.45) is 0. The number of nitrogens with one attached hydrogen (secondary N) is 3. The van der Waals surface area contributed by atoms with Crippen LogP contribution in [-0.4, -0.2) is 31.9 Å². The van der Waals surface area contributed by atoms with E-state index >= 15 is 0 Å². The van der Waals surface area contributed by atoms with Crippen LogP contribution in [0.5, 0.6) is 5.75 Å². The van der Waals surface area contributed by atoms with Crippen molar-refractivity contribution in [2.45, 2.75) is 0 Å². The lowest BCUT2D eigenvalue weighted by Gasteiger charge is -1.99. The summed E-state index contributed by atoms with van der Waals surface area (Å²) in [5, 5.41) is 24.3. The summed E-state index contributed by atoms with van der Waals surface area (Å²) in [4.78, 5) is 15.0. The Bertz CT molecular complexity index is 948. The zero-order valence-electron chi connectivity index (χ0n) is 12.3. The molecule has 0 atom stereocenters. The maximum atomic E-state index is 12.0. The smallest absolute Gasteiger partial charge is 0.276 e. The molecule has 1 aliphatic heterocycles. The minimum atomic E-state index is -0.356. The Labute approximate surface area is 136 Å². The Morgan fingerprint density at radius 3 is 2.75 bits per heavy atom. The van der Waals surface area contributed by atoms with Gasteiger partial charge in [0.25, 0.3) is 5.91 Å². The van der Waals surface area contributed by atoms with Crippen LogP contribution in [0.1, 0.15) is 5.56 Å². The van der Waals surface area contributed by atoms with Gasteiger partial charge in [0, 0.05) is 11.1 Å². The normalized spacial score (nSPS) is 14.5. The van der Waals surface area contributed by atoms with Crippen molar-refractivity contribution in [3.63, 3.8) is 0 Å². The van der Waals surface area contributed by atoms with Gasteiger partial charge < -0.3 is 15.4 Å². The topological polar surface area (TPSA) is 115 Å². The second kappa shape index (κ2) is 5.51. The minimum absolute atomic E-state index is 0.0592. The molecule has 24 heavy (non-hydrogen) atoms. The third-order valence-corrected chi connectivity index (χ3v) is 3.53. The van der Waals surface area contributed by atoms with Gasteiger partial charge in [-0.1, -0.05) is 30.3 Å². The number of fused-ring (bicyclic) bond motifs is 1. The van der Waals surface area contributed by atoms with E-state index in [4.69, 9.17) is 0 Å². The van der Waals surface area contributed by atoms with E-state index in [1.165, 1.54) is 12.1 Å². The molecule has 8 nitrogen and oxygen atoms in total. The van der Waals surface area contributed by atoms with Gasteiger partial charge in [-0.2, -0.15) is 5.10 Å². The van der Waals surface area contributed by atoms with Crippen molar-refractivity contribution < 1.29 is 9.90 Å². The second-order valence-electron chi connectivity index (χ2n) is 5.14. The molecule has 3 aromatic rings. The minimum Gasteiger partial charge on any atom is -0.508 e. The van der Waals surface area contributed by atoms with Crippen molar-refractivity contribution in [2.75, 3.05) is 10.7 Å². The molecule has 8 heteroatoms. The van der Waals surface area contributed by atoms with E-state index in [1.54, 1.807) is 6.07 Å². The number of rotatable bonds is 3. The number of phenolic OH excluding ortho intramolecular Hbond substituents is 1. The summed E-state index contributed by atoms with van der Waals surface area (Å²) in [6, 6.07) is 14.1. The number of aromatic amines is 1. The average molecular weight is 320 g/mol. The third-order valence-electron chi connectivity index (χ3n) is 3.53. The molecule has 2 aromatic carbocycles. The highest BCUT2D eigenvalue weighted by Gasteiger charge is 2.26. The van der Waals surface area contributed by atoms with Crippen molar-refractivity contribution in [3.05, 3.63) is 54.1 Å². The molecule has 1 amide bonds. The van der Waals surface area contributed by atoms with Gasteiger partial charge in [0.1, 0.15) is 5.75 Å². The van der Waals surface area contributed by atoms with Gasteiger partial charge in [0.15, 0.2) is 11.5 Å². The van der Waals surface area contributed by atoms with Crippen LogP contribution in [-0.2, 0) is 4.79 Å². The number of amides is 1. The number of H-pyrrole nitrogens is 1. The predicted octanol–water partition coefficient (Wildman–Crippen LogP) is 1.95. The van der Waals surface area contributed by atoms with Gasteiger partial charge in [-0.3, -0.25) is 4.79 Å². The van der Waals surface area contributed by atoms with Crippen LogP contribution in [0.25, 0.3) is 11.4 Å². The Kier molecular flexibility index (Phi) is 3.20. The summed E-state index contributed by atoms with van der Waals surface area (Å²) >= 11 is 0. The number of hydrogen-bond acceptors (Lipinski definition) is 6. The van der Waals surface area contributed by atoms with Gasteiger partial charge in [0.05, 0.1) is 5.69 Å². The molecule has 0 spiro atoms. The summed E-state index contributed by atoms with van der Waals surface area (Å²) in [5.41, 5.74) is 4.86. The number of carbonyl (C=O) groups excluding carboxylic acids is 1. The quantitative estimate of drug-likeness (QED) is 0.435. The van der Waals surface area contributed by atoms with Crippen molar-refractivity contribution in [3.8, 4) is 17.1 Å². The molecule has 1 aliphatic rings. The second-order valence-corrected chi connectivity index (χ2v) is 5.14. The fourth-order valence-electron chi connectivity index (χ4n) is 2.40. The van der Waals surface area contributed by atoms with Crippen molar-refractivity contribution >= 4 is 23.3 Å². The lowest BCUT2D eigenvalue weighted by molar-refractivity contribution is -0.110. The van der Waals surface area contributed by atoms with Crippen LogP contribution in [0, 0.1) is 0 Å². The largest absolute Gasteiger partial charge is 0.508 e. The lowest BCUT2D eigenvalue weighted by atomic mass is 10.1. The first kappa shape index (κ1) is 13.9. The first-order chi connectivity index (χ1) is 11.7. The molecule has 1 aromatic heterocycles. The molecular formula is C16H12N6O2. The average Bonchev–Trinajstić information content (AvgIpc) is 3.18. The van der Waals surface area contributed by atoms with Crippen LogP contribution in [0.3, 0.4) is 0 Å². The maximum Gasteiger partial charge on any atom is 0.276 e. The van der Waals surface area contributed by atoms with Crippen LogP contribution in [0.4, 0.5) is 11.6 Å². The van der Waals surface area contributed by atoms with Crippen LogP contribution in [0.2, 0.25) is 0 Å². The summed E-state index contributed by atoms with van der Waals surface area (Å²) in [7, 11) is 0. The summed E-state index contributed by atoms with van der Waals surface area (Å²) < 4.78 is 0. The molecule has 0 aliphatic carbocycles. The highest BCUT2D eigenvalue weighted by Crippen LogP contribution is 2.27. The number of hydrazone groups is 1. The van der Waals surface area contributed by atoms with Crippen LogP contribution in [0.15, 0.2) is 53.6 Å². The fourth-order valence-corrected chi connectivity index (χ4v) is 2.40. The predicted molar refractivity (Wildman–Crippen MR) is 88.7 cm³/mol. The van der Waals surface area contributed by atoms with E-state index in [0.717, 1.165) is 5.56 Å². The molecule has 0 saturated heterocycles. The molecule has 0 fully saturated rings. The van der Waals surface area contributed by atoms with Gasteiger partial charge in [-0.05, 0) is 18.2 Å². The molecular weight excluding hydrogens is 308 g/mol. The first-order valence-corrected chi connectivity index (χ1v) is 7.17. The van der Waals surface area contributed by atoms with E-state index in [1.807, 2.05) is 30.3 Å². The van der Waals surface area contributed by atoms with Crippen molar-refractivity contribution in [1.29, 1.82) is 0 Å². The third kappa shape index (κ3) is 2.45. The van der Waals surface area contributed by atoms with Crippen molar-refractivity contribution in [1.82, 2.24) is 15.2 Å². The molecule has 0 bridgehead atoms. The highest BCUT2D eigenvalue weighted by molar-refractivity contribution is 6.53. The molecule has 118 valence electrons.